The van der Waals surface area contributed by atoms with Gasteiger partial charge in [0.15, 0.2) is 0 Å². The monoisotopic (exact) mass is 292 g/mol. The van der Waals surface area contributed by atoms with Crippen molar-refractivity contribution in [3.8, 4) is 0 Å². The number of amides is 1. The Morgan fingerprint density at radius 1 is 1.40 bits per heavy atom. The number of aryl methyl sites for hydroxylation is 3. The molecule has 2 aromatic heterocycles. The van der Waals surface area contributed by atoms with Gasteiger partial charge in [-0.2, -0.15) is 0 Å². The molecular weight excluding hydrogens is 276 g/mol. The molecule has 1 amide bonds. The fraction of sp³-hybridized carbons (Fsp3) is 0.385. The third-order valence-corrected chi connectivity index (χ3v) is 3.84. The van der Waals surface area contributed by atoms with Gasteiger partial charge in [0.05, 0.1) is 17.0 Å². The first-order valence-corrected chi connectivity index (χ1v) is 7.04. The number of aromatic nitrogens is 3. The van der Waals surface area contributed by atoms with E-state index < -0.39 is 0 Å². The second-order valence-electron chi connectivity index (χ2n) is 4.47. The molecule has 0 saturated heterocycles. The lowest BCUT2D eigenvalue weighted by Gasteiger charge is -2.06. The van der Waals surface area contributed by atoms with Gasteiger partial charge in [-0.25, -0.2) is 9.97 Å². The van der Waals surface area contributed by atoms with E-state index in [4.69, 9.17) is 0 Å². The lowest BCUT2D eigenvalue weighted by atomic mass is 10.3. The molecule has 1 N–H and O–H groups in total. The van der Waals surface area contributed by atoms with E-state index in [1.165, 1.54) is 28.3 Å². The number of carbonyl (C=O) groups excluding carboxylic acids is 1. The molecule has 0 aliphatic rings. The van der Waals surface area contributed by atoms with Gasteiger partial charge in [0.25, 0.3) is 11.5 Å². The van der Waals surface area contributed by atoms with Crippen molar-refractivity contribution in [1.29, 1.82) is 0 Å². The van der Waals surface area contributed by atoms with E-state index in [0.29, 0.717) is 23.7 Å². The zero-order valence-electron chi connectivity index (χ0n) is 11.6. The predicted molar refractivity (Wildman–Crippen MR) is 77.2 cm³/mol. The minimum Gasteiger partial charge on any atom is -0.349 e. The first-order chi connectivity index (χ1) is 9.47. The molecule has 2 aromatic rings. The fourth-order valence-electron chi connectivity index (χ4n) is 1.80. The van der Waals surface area contributed by atoms with Crippen molar-refractivity contribution in [3.63, 3.8) is 0 Å². The van der Waals surface area contributed by atoms with Crippen LogP contribution in [0.1, 0.15) is 26.1 Å². The first-order valence-electron chi connectivity index (χ1n) is 6.22. The summed E-state index contributed by atoms with van der Waals surface area (Å²) in [4.78, 5) is 32.5. The minimum absolute atomic E-state index is 0.114. The van der Waals surface area contributed by atoms with Gasteiger partial charge < -0.3 is 5.32 Å². The second-order valence-corrected chi connectivity index (χ2v) is 5.67. The Bertz CT molecular complexity index is 690. The third kappa shape index (κ3) is 3.30. The van der Waals surface area contributed by atoms with Crippen LogP contribution in [0, 0.1) is 20.8 Å². The lowest BCUT2D eigenvalue weighted by Crippen LogP contribution is -2.30. The summed E-state index contributed by atoms with van der Waals surface area (Å²) in [5.74, 6) is -0.152. The molecule has 2 heterocycles. The molecule has 7 heteroatoms. The summed E-state index contributed by atoms with van der Waals surface area (Å²) in [7, 11) is 0. The summed E-state index contributed by atoms with van der Waals surface area (Å²) in [6.45, 7) is 6.22. The van der Waals surface area contributed by atoms with Gasteiger partial charge in [-0.3, -0.25) is 14.2 Å². The smallest absolute Gasteiger partial charge is 0.263 e. The lowest BCUT2D eigenvalue weighted by molar-refractivity contribution is 0.0955. The highest BCUT2D eigenvalue weighted by Gasteiger charge is 2.12. The van der Waals surface area contributed by atoms with Gasteiger partial charge in [0, 0.05) is 24.8 Å². The maximum absolute atomic E-state index is 12.0. The summed E-state index contributed by atoms with van der Waals surface area (Å²) in [5, 5.41) is 3.65. The van der Waals surface area contributed by atoms with Crippen LogP contribution in [0.15, 0.2) is 17.2 Å². The molecule has 0 aliphatic heterocycles. The molecule has 106 valence electrons. The zero-order valence-corrected chi connectivity index (χ0v) is 12.5. The number of thiazole rings is 1. The molecule has 0 fully saturated rings. The predicted octanol–water partition coefficient (Wildman–Crippen LogP) is 1.06. The SMILES string of the molecule is Cc1cc(=O)n(CCNC(=O)c2sc(C)nc2C)cn1. The highest BCUT2D eigenvalue weighted by Crippen LogP contribution is 2.16. The molecule has 0 unspecified atom stereocenters. The number of nitrogens with one attached hydrogen (secondary N) is 1. The van der Waals surface area contributed by atoms with Gasteiger partial charge in [-0.05, 0) is 20.8 Å². The van der Waals surface area contributed by atoms with Crippen LogP contribution < -0.4 is 10.9 Å². The van der Waals surface area contributed by atoms with Gasteiger partial charge in [0.2, 0.25) is 0 Å². The van der Waals surface area contributed by atoms with E-state index >= 15 is 0 Å². The van der Waals surface area contributed by atoms with E-state index in [1.807, 2.05) is 13.8 Å². The van der Waals surface area contributed by atoms with Crippen molar-refractivity contribution in [2.24, 2.45) is 0 Å². The highest BCUT2D eigenvalue weighted by atomic mass is 32.1. The number of carbonyl (C=O) groups is 1. The Hall–Kier alpha value is -2.02. The Morgan fingerprint density at radius 3 is 2.75 bits per heavy atom. The average molecular weight is 292 g/mol. The fourth-order valence-corrected chi connectivity index (χ4v) is 2.63. The summed E-state index contributed by atoms with van der Waals surface area (Å²) in [6, 6.07) is 1.47. The molecule has 0 aromatic carbocycles. The topological polar surface area (TPSA) is 76.9 Å². The normalized spacial score (nSPS) is 10.6. The molecule has 0 bridgehead atoms. The molecule has 6 nitrogen and oxygen atoms in total. The second kappa shape index (κ2) is 5.96. The van der Waals surface area contributed by atoms with E-state index in [2.05, 4.69) is 15.3 Å². The quantitative estimate of drug-likeness (QED) is 0.914. The van der Waals surface area contributed by atoms with Crippen molar-refractivity contribution in [1.82, 2.24) is 19.9 Å². The summed E-state index contributed by atoms with van der Waals surface area (Å²) >= 11 is 1.37. The summed E-state index contributed by atoms with van der Waals surface area (Å²) < 4.78 is 1.47. The summed E-state index contributed by atoms with van der Waals surface area (Å²) in [6.07, 6.45) is 1.49. The average Bonchev–Trinajstić information content (AvgIpc) is 2.71. The van der Waals surface area contributed by atoms with Crippen LogP contribution >= 0.6 is 11.3 Å². The van der Waals surface area contributed by atoms with Gasteiger partial charge in [-0.15, -0.1) is 11.3 Å². The zero-order chi connectivity index (χ0) is 14.7. The molecule has 0 saturated carbocycles. The van der Waals surface area contributed by atoms with Crippen LogP contribution in [0.5, 0.6) is 0 Å². The molecule has 20 heavy (non-hydrogen) atoms. The minimum atomic E-state index is -0.152. The molecule has 2 rings (SSSR count). The van der Waals surface area contributed by atoms with E-state index in [-0.39, 0.29) is 11.5 Å². The van der Waals surface area contributed by atoms with Crippen LogP contribution in [0.25, 0.3) is 0 Å². The highest BCUT2D eigenvalue weighted by molar-refractivity contribution is 7.13. The van der Waals surface area contributed by atoms with Crippen molar-refractivity contribution < 1.29 is 4.79 Å². The van der Waals surface area contributed by atoms with Gasteiger partial charge in [-0.1, -0.05) is 0 Å². The number of hydrogen-bond donors (Lipinski definition) is 1. The number of rotatable bonds is 4. The van der Waals surface area contributed by atoms with E-state index in [1.54, 1.807) is 6.92 Å². The maximum atomic E-state index is 12.0. The van der Waals surface area contributed by atoms with Crippen LogP contribution in [-0.4, -0.2) is 27.0 Å². The third-order valence-electron chi connectivity index (χ3n) is 2.76. The summed E-state index contributed by atoms with van der Waals surface area (Å²) in [5.41, 5.74) is 1.31. The van der Waals surface area contributed by atoms with Crippen molar-refractivity contribution in [2.75, 3.05) is 6.54 Å². The number of hydrogen-bond acceptors (Lipinski definition) is 5. The van der Waals surface area contributed by atoms with Gasteiger partial charge in [0.1, 0.15) is 4.88 Å². The standard InChI is InChI=1S/C13H16N4O2S/c1-8-6-11(18)17(7-15-8)5-4-14-13(19)12-9(2)16-10(3)20-12/h6-7H,4-5H2,1-3H3,(H,14,19). The van der Waals surface area contributed by atoms with Crippen molar-refractivity contribution in [3.05, 3.63) is 44.0 Å². The molecule has 0 spiro atoms. The number of nitrogens with zero attached hydrogens (tertiary/aromatic N) is 3. The molecule has 0 aliphatic carbocycles. The van der Waals surface area contributed by atoms with Crippen LogP contribution in [-0.2, 0) is 6.54 Å². The van der Waals surface area contributed by atoms with Crippen LogP contribution in [0.4, 0.5) is 0 Å². The van der Waals surface area contributed by atoms with E-state index in [9.17, 15) is 9.59 Å². The Kier molecular flexibility index (Phi) is 4.29. The Labute approximate surface area is 120 Å². The molecule has 0 atom stereocenters. The van der Waals surface area contributed by atoms with Crippen LogP contribution in [0.3, 0.4) is 0 Å². The van der Waals surface area contributed by atoms with Crippen molar-refractivity contribution in [2.45, 2.75) is 27.3 Å². The maximum Gasteiger partial charge on any atom is 0.263 e. The van der Waals surface area contributed by atoms with Crippen molar-refractivity contribution >= 4 is 17.2 Å². The Morgan fingerprint density at radius 2 is 2.15 bits per heavy atom. The largest absolute Gasteiger partial charge is 0.349 e. The van der Waals surface area contributed by atoms with E-state index in [0.717, 1.165) is 10.7 Å². The van der Waals surface area contributed by atoms with Crippen LogP contribution in [0.2, 0.25) is 0 Å². The molecular formula is C13H16N4O2S. The molecule has 0 radical (unpaired) electrons. The van der Waals surface area contributed by atoms with Gasteiger partial charge >= 0.3 is 0 Å². The first kappa shape index (κ1) is 14.4. The Balaban J connectivity index is 1.94.